The first kappa shape index (κ1) is 14.0. The van der Waals surface area contributed by atoms with E-state index in [0.717, 1.165) is 0 Å². The Morgan fingerprint density at radius 3 is 2.38 bits per heavy atom. The molecule has 1 heterocycles. The van der Waals surface area contributed by atoms with Crippen LogP contribution in [0.5, 0.6) is 0 Å². The van der Waals surface area contributed by atoms with Gasteiger partial charge in [-0.2, -0.15) is 0 Å². The van der Waals surface area contributed by atoms with Gasteiger partial charge in [0.25, 0.3) is 0 Å². The van der Waals surface area contributed by atoms with Gasteiger partial charge >= 0.3 is 7.82 Å². The van der Waals surface area contributed by atoms with Crippen LogP contribution in [0.2, 0.25) is 0 Å². The van der Waals surface area contributed by atoms with Crippen molar-refractivity contribution < 1.29 is 38.9 Å². The summed E-state index contributed by atoms with van der Waals surface area (Å²) in [5, 5.41) is 27.6. The van der Waals surface area contributed by atoms with Crippen molar-refractivity contribution in [2.75, 3.05) is 6.61 Å². The second-order valence-electron chi connectivity index (χ2n) is 3.38. The van der Waals surface area contributed by atoms with Gasteiger partial charge in [-0.15, -0.1) is 0 Å². The molecular weight excluding hydrogens is 245 g/mol. The maximum atomic E-state index is 10.6. The molecule has 0 aromatic rings. The first-order valence-corrected chi connectivity index (χ1v) is 5.91. The lowest BCUT2D eigenvalue weighted by Crippen LogP contribution is -2.62. The largest absolute Gasteiger partial charge is 0.470 e. The molecule has 0 amide bonds. The molecule has 5 atom stereocenters. The number of ether oxygens (including phenoxy) is 1. The van der Waals surface area contributed by atoms with E-state index in [1.165, 1.54) is 0 Å². The molecule has 0 aromatic heterocycles. The van der Waals surface area contributed by atoms with E-state index < -0.39 is 45.1 Å². The zero-order chi connectivity index (χ0) is 12.5. The summed E-state index contributed by atoms with van der Waals surface area (Å²) in [4.78, 5) is 17.2. The van der Waals surface area contributed by atoms with Crippen LogP contribution in [0.1, 0.15) is 0 Å². The Bertz CT molecular complexity index is 282. The van der Waals surface area contributed by atoms with Crippen LogP contribution in [-0.2, 0) is 13.8 Å². The first-order valence-electron chi connectivity index (χ1n) is 4.38. The number of hydrogen-bond donors (Lipinski definition) is 6. The maximum absolute atomic E-state index is 10.6. The molecule has 1 aliphatic rings. The highest BCUT2D eigenvalue weighted by atomic mass is 31.2. The average molecular weight is 259 g/mol. The lowest BCUT2D eigenvalue weighted by molar-refractivity contribution is -0.246. The molecule has 1 rings (SSSR count). The highest BCUT2D eigenvalue weighted by molar-refractivity contribution is 7.46. The summed E-state index contributed by atoms with van der Waals surface area (Å²) in [7, 11) is -4.86. The van der Waals surface area contributed by atoms with E-state index >= 15 is 0 Å². The van der Waals surface area contributed by atoms with E-state index in [0.29, 0.717) is 0 Å². The Kier molecular flexibility index (Phi) is 4.41. The summed E-state index contributed by atoms with van der Waals surface area (Å²) in [5.41, 5.74) is 5.35. The number of aliphatic hydroxyl groups excluding tert-OH is 3. The molecule has 2 unspecified atom stereocenters. The predicted octanol–water partition coefficient (Wildman–Crippen LogP) is -3.14. The number of phosphoric ester groups is 1. The van der Waals surface area contributed by atoms with Crippen molar-refractivity contribution in [2.45, 2.75) is 30.6 Å². The minimum absolute atomic E-state index is 0.647. The smallest absolute Gasteiger partial charge is 0.394 e. The molecule has 1 aliphatic heterocycles. The van der Waals surface area contributed by atoms with E-state index in [4.69, 9.17) is 25.4 Å². The Morgan fingerprint density at radius 2 is 1.94 bits per heavy atom. The van der Waals surface area contributed by atoms with Gasteiger partial charge in [0, 0.05) is 0 Å². The summed E-state index contributed by atoms with van der Waals surface area (Å²) in [6.07, 6.45) is -5.87. The Hall–Kier alpha value is -0.0900. The minimum atomic E-state index is -4.86. The van der Waals surface area contributed by atoms with E-state index in [1.54, 1.807) is 0 Å². The lowest BCUT2D eigenvalue weighted by Gasteiger charge is -2.40. The number of nitrogens with two attached hydrogens (primary N) is 1. The third kappa shape index (κ3) is 3.20. The fraction of sp³-hybridized carbons (Fsp3) is 1.00. The summed E-state index contributed by atoms with van der Waals surface area (Å²) in [6, 6.07) is -1.33. The van der Waals surface area contributed by atoms with Crippen molar-refractivity contribution in [2.24, 2.45) is 5.73 Å². The van der Waals surface area contributed by atoms with Crippen molar-refractivity contribution in [3.63, 3.8) is 0 Å². The van der Waals surface area contributed by atoms with Gasteiger partial charge in [-0.05, 0) is 0 Å². The topological polar surface area (TPSA) is 163 Å². The van der Waals surface area contributed by atoms with Crippen LogP contribution in [-0.4, -0.2) is 62.4 Å². The van der Waals surface area contributed by atoms with E-state index in [-0.39, 0.29) is 0 Å². The molecule has 10 heteroatoms. The maximum Gasteiger partial charge on any atom is 0.470 e. The number of rotatable bonds is 3. The van der Waals surface area contributed by atoms with Crippen LogP contribution in [0.25, 0.3) is 0 Å². The Balaban J connectivity index is 2.81. The van der Waals surface area contributed by atoms with Gasteiger partial charge in [-0.25, -0.2) is 4.57 Å². The normalized spacial score (nSPS) is 41.0. The van der Waals surface area contributed by atoms with Gasteiger partial charge < -0.3 is 35.6 Å². The second kappa shape index (κ2) is 5.05. The lowest BCUT2D eigenvalue weighted by atomic mass is 9.98. The third-order valence-electron chi connectivity index (χ3n) is 2.18. The van der Waals surface area contributed by atoms with Crippen LogP contribution >= 0.6 is 7.82 Å². The quantitative estimate of drug-likeness (QED) is 0.287. The van der Waals surface area contributed by atoms with Crippen molar-refractivity contribution in [1.29, 1.82) is 0 Å². The van der Waals surface area contributed by atoms with Crippen LogP contribution in [0, 0.1) is 0 Å². The first-order chi connectivity index (χ1) is 7.26. The molecule has 0 radical (unpaired) electrons. The predicted molar refractivity (Wildman–Crippen MR) is 48.9 cm³/mol. The van der Waals surface area contributed by atoms with Crippen molar-refractivity contribution in [3.8, 4) is 0 Å². The molecule has 0 aromatic carbocycles. The fourth-order valence-corrected chi connectivity index (χ4v) is 1.98. The van der Waals surface area contributed by atoms with Gasteiger partial charge in [-0.3, -0.25) is 4.52 Å². The average Bonchev–Trinajstić information content (AvgIpc) is 2.17. The summed E-state index contributed by atoms with van der Waals surface area (Å²) < 4.78 is 19.6. The van der Waals surface area contributed by atoms with Crippen LogP contribution in [0.4, 0.5) is 0 Å². The molecule has 9 nitrogen and oxygen atoms in total. The van der Waals surface area contributed by atoms with Crippen molar-refractivity contribution in [1.82, 2.24) is 0 Å². The summed E-state index contributed by atoms with van der Waals surface area (Å²) >= 11 is 0. The van der Waals surface area contributed by atoms with E-state index in [9.17, 15) is 14.8 Å². The van der Waals surface area contributed by atoms with Gasteiger partial charge in [0.15, 0.2) is 6.29 Å². The summed E-state index contributed by atoms with van der Waals surface area (Å²) in [5.74, 6) is 0. The van der Waals surface area contributed by atoms with Gasteiger partial charge in [-0.1, -0.05) is 0 Å². The third-order valence-corrected chi connectivity index (χ3v) is 2.70. The monoisotopic (exact) mass is 259 g/mol. The van der Waals surface area contributed by atoms with Gasteiger partial charge in [0.05, 0.1) is 12.6 Å². The van der Waals surface area contributed by atoms with E-state index in [2.05, 4.69) is 4.52 Å². The van der Waals surface area contributed by atoms with E-state index in [1.807, 2.05) is 0 Å². The van der Waals surface area contributed by atoms with Crippen LogP contribution < -0.4 is 5.73 Å². The van der Waals surface area contributed by atoms with Crippen molar-refractivity contribution >= 4 is 7.82 Å². The molecule has 1 fully saturated rings. The molecule has 0 saturated carbocycles. The highest BCUT2D eigenvalue weighted by Crippen LogP contribution is 2.40. The Labute approximate surface area is 90.6 Å². The van der Waals surface area contributed by atoms with Crippen LogP contribution in [0.15, 0.2) is 0 Å². The SMILES string of the molecule is N[C@H]1C(OP(=O)(O)O)[C@@H](O)C(CO)O[C@H]1O. The molecule has 7 N–H and O–H groups in total. The zero-order valence-corrected chi connectivity index (χ0v) is 8.97. The number of aliphatic hydroxyl groups is 3. The molecule has 1 saturated heterocycles. The van der Waals surface area contributed by atoms with Crippen molar-refractivity contribution in [3.05, 3.63) is 0 Å². The number of hydrogen-bond acceptors (Lipinski definition) is 7. The van der Waals surface area contributed by atoms with Gasteiger partial charge in [0.1, 0.15) is 18.3 Å². The Morgan fingerprint density at radius 1 is 1.38 bits per heavy atom. The number of phosphoric acid groups is 1. The molecule has 0 spiro atoms. The minimum Gasteiger partial charge on any atom is -0.394 e. The van der Waals surface area contributed by atoms with Gasteiger partial charge in [0.2, 0.25) is 0 Å². The fourth-order valence-electron chi connectivity index (χ4n) is 1.39. The molecule has 0 bridgehead atoms. The standard InChI is InChI=1S/C6H14NO8P/c7-3-5(15-16(11,12)13)4(9)2(1-8)14-6(3)10/h2-6,8-10H,1,7H2,(H2,11,12,13)/t2?,3-,4-,5?,6+/m0/s1. The highest BCUT2D eigenvalue weighted by Gasteiger charge is 2.46. The zero-order valence-electron chi connectivity index (χ0n) is 8.08. The molecular formula is C6H14NO8P. The summed E-state index contributed by atoms with van der Waals surface area (Å²) in [6.45, 7) is -0.647. The molecule has 96 valence electrons. The second-order valence-corrected chi connectivity index (χ2v) is 4.57. The van der Waals surface area contributed by atoms with Crippen LogP contribution in [0.3, 0.4) is 0 Å². The molecule has 0 aliphatic carbocycles. The molecule has 16 heavy (non-hydrogen) atoms.